The average Bonchev–Trinajstić information content (AvgIpc) is 3.04. The normalized spacial score (nSPS) is 21.0. The van der Waals surface area contributed by atoms with E-state index >= 15 is 0 Å². The molecule has 0 radical (unpaired) electrons. The molecule has 1 saturated carbocycles. The lowest BCUT2D eigenvalue weighted by Gasteiger charge is -2.17. The third kappa shape index (κ3) is 3.04. The average molecular weight is 283 g/mol. The van der Waals surface area contributed by atoms with E-state index in [-0.39, 0.29) is 16.6 Å². The number of nitrogens with zero attached hydrogens (tertiary/aromatic N) is 2. The number of nitro benzene ring substituents is 1. The Balaban J connectivity index is 2.14. The summed E-state index contributed by atoms with van der Waals surface area (Å²) in [6.45, 7) is 2.84. The molecule has 19 heavy (non-hydrogen) atoms. The third-order valence-corrected chi connectivity index (χ3v) is 3.84. The number of nitro groups is 1. The summed E-state index contributed by atoms with van der Waals surface area (Å²) in [7, 11) is 1.72. The van der Waals surface area contributed by atoms with Crippen molar-refractivity contribution in [2.75, 3.05) is 13.6 Å². The van der Waals surface area contributed by atoms with E-state index < -0.39 is 4.92 Å². The summed E-state index contributed by atoms with van der Waals surface area (Å²) in [6, 6.07) is 4.14. The summed E-state index contributed by atoms with van der Waals surface area (Å²) in [6.07, 6.45) is 1.14. The highest BCUT2D eigenvalue weighted by Crippen LogP contribution is 2.38. The zero-order valence-electron chi connectivity index (χ0n) is 10.8. The van der Waals surface area contributed by atoms with Crippen molar-refractivity contribution < 1.29 is 9.72 Å². The van der Waals surface area contributed by atoms with Gasteiger partial charge in [-0.25, -0.2) is 0 Å². The van der Waals surface area contributed by atoms with Crippen LogP contribution in [0.5, 0.6) is 0 Å². The summed E-state index contributed by atoms with van der Waals surface area (Å²) >= 11 is 5.72. The van der Waals surface area contributed by atoms with Gasteiger partial charge in [-0.2, -0.15) is 0 Å². The highest BCUT2D eigenvalue weighted by molar-refractivity contribution is 6.32. The van der Waals surface area contributed by atoms with E-state index in [9.17, 15) is 14.9 Å². The topological polar surface area (TPSA) is 63.5 Å². The Bertz CT molecular complexity index is 533. The minimum absolute atomic E-state index is 0.0417. The van der Waals surface area contributed by atoms with Crippen molar-refractivity contribution in [1.29, 1.82) is 0 Å². The molecule has 0 aromatic heterocycles. The summed E-state index contributed by atoms with van der Waals surface area (Å²) < 4.78 is 0. The molecule has 2 rings (SSSR count). The molecule has 0 N–H and O–H groups in total. The second-order valence-electron chi connectivity index (χ2n) is 5.08. The van der Waals surface area contributed by atoms with Crippen LogP contribution >= 0.6 is 11.6 Å². The van der Waals surface area contributed by atoms with Crippen LogP contribution in [0.1, 0.15) is 23.7 Å². The van der Waals surface area contributed by atoms with Gasteiger partial charge in [0, 0.05) is 25.2 Å². The predicted molar refractivity (Wildman–Crippen MR) is 72.3 cm³/mol. The zero-order chi connectivity index (χ0) is 14.2. The van der Waals surface area contributed by atoms with E-state index in [1.54, 1.807) is 11.9 Å². The first-order valence-electron chi connectivity index (χ1n) is 6.09. The standard InChI is InChI=1S/C13H15ClN2O3/c1-8-5-10(8)7-15(2)13(17)9-3-4-11(14)12(6-9)16(18)19/h3-4,6,8,10H,5,7H2,1-2H3. The lowest BCUT2D eigenvalue weighted by atomic mass is 10.1. The Labute approximate surface area is 116 Å². The van der Waals surface area contributed by atoms with E-state index in [4.69, 9.17) is 11.6 Å². The molecule has 0 saturated heterocycles. The molecule has 1 fully saturated rings. The Morgan fingerprint density at radius 3 is 2.74 bits per heavy atom. The van der Waals surface area contributed by atoms with E-state index in [0.717, 1.165) is 6.42 Å². The van der Waals surface area contributed by atoms with Gasteiger partial charge < -0.3 is 4.90 Å². The molecule has 6 heteroatoms. The lowest BCUT2D eigenvalue weighted by molar-refractivity contribution is -0.384. The van der Waals surface area contributed by atoms with Gasteiger partial charge in [0.25, 0.3) is 11.6 Å². The Hall–Kier alpha value is -1.62. The fraction of sp³-hybridized carbons (Fsp3) is 0.462. The third-order valence-electron chi connectivity index (χ3n) is 3.52. The van der Waals surface area contributed by atoms with Crippen LogP contribution in [0.2, 0.25) is 5.02 Å². The van der Waals surface area contributed by atoms with Gasteiger partial charge in [-0.3, -0.25) is 14.9 Å². The number of benzene rings is 1. The molecular weight excluding hydrogens is 268 g/mol. The van der Waals surface area contributed by atoms with Crippen LogP contribution in [-0.4, -0.2) is 29.3 Å². The molecule has 1 aliphatic rings. The molecule has 1 aromatic rings. The van der Waals surface area contributed by atoms with Gasteiger partial charge >= 0.3 is 0 Å². The van der Waals surface area contributed by atoms with E-state index in [1.807, 2.05) is 0 Å². The van der Waals surface area contributed by atoms with Crippen molar-refractivity contribution in [3.8, 4) is 0 Å². The summed E-state index contributed by atoms with van der Waals surface area (Å²) in [5.41, 5.74) is 0.0626. The van der Waals surface area contributed by atoms with Crippen molar-refractivity contribution in [1.82, 2.24) is 4.90 Å². The molecule has 5 nitrogen and oxygen atoms in total. The molecule has 1 aliphatic carbocycles. The molecule has 2 atom stereocenters. The largest absolute Gasteiger partial charge is 0.341 e. The molecule has 0 spiro atoms. The maximum atomic E-state index is 12.2. The molecule has 0 bridgehead atoms. The summed E-state index contributed by atoms with van der Waals surface area (Å²) in [5.74, 6) is 1.00. The van der Waals surface area contributed by atoms with Gasteiger partial charge in [0.15, 0.2) is 0 Å². The minimum atomic E-state index is -0.581. The molecule has 102 valence electrons. The molecule has 2 unspecified atom stereocenters. The Kier molecular flexibility index (Phi) is 3.75. The van der Waals surface area contributed by atoms with Crippen molar-refractivity contribution in [3.63, 3.8) is 0 Å². The predicted octanol–water partition coefficient (Wildman–Crippen LogP) is 2.98. The summed E-state index contributed by atoms with van der Waals surface area (Å²) in [4.78, 5) is 24.0. The van der Waals surface area contributed by atoms with Gasteiger partial charge in [0.1, 0.15) is 5.02 Å². The van der Waals surface area contributed by atoms with Crippen LogP contribution in [0.4, 0.5) is 5.69 Å². The quantitative estimate of drug-likeness (QED) is 0.630. The van der Waals surface area contributed by atoms with Crippen LogP contribution in [0, 0.1) is 22.0 Å². The van der Waals surface area contributed by atoms with E-state index in [0.29, 0.717) is 23.9 Å². The highest BCUT2D eigenvalue weighted by atomic mass is 35.5. The smallest absolute Gasteiger partial charge is 0.288 e. The maximum Gasteiger partial charge on any atom is 0.288 e. The second-order valence-corrected chi connectivity index (χ2v) is 5.49. The number of carbonyl (C=O) groups is 1. The fourth-order valence-electron chi connectivity index (χ4n) is 2.09. The molecule has 0 aliphatic heterocycles. The first-order chi connectivity index (χ1) is 8.90. The molecule has 0 heterocycles. The zero-order valence-corrected chi connectivity index (χ0v) is 11.6. The van der Waals surface area contributed by atoms with Gasteiger partial charge in [0.05, 0.1) is 4.92 Å². The van der Waals surface area contributed by atoms with Crippen molar-refractivity contribution in [3.05, 3.63) is 38.9 Å². The fourth-order valence-corrected chi connectivity index (χ4v) is 2.28. The minimum Gasteiger partial charge on any atom is -0.341 e. The first kappa shape index (κ1) is 13.8. The van der Waals surface area contributed by atoms with Gasteiger partial charge in [-0.1, -0.05) is 18.5 Å². The number of carbonyl (C=O) groups excluding carboxylic acids is 1. The number of hydrogen-bond donors (Lipinski definition) is 0. The lowest BCUT2D eigenvalue weighted by Crippen LogP contribution is -2.29. The molecule has 1 amide bonds. The van der Waals surface area contributed by atoms with Crippen LogP contribution in [0.25, 0.3) is 0 Å². The molecular formula is C13H15ClN2O3. The first-order valence-corrected chi connectivity index (χ1v) is 6.47. The second kappa shape index (κ2) is 5.17. The van der Waals surface area contributed by atoms with Crippen molar-refractivity contribution in [2.45, 2.75) is 13.3 Å². The van der Waals surface area contributed by atoms with Gasteiger partial charge in [0.2, 0.25) is 0 Å². The molecule has 1 aromatic carbocycles. The van der Waals surface area contributed by atoms with Crippen LogP contribution in [-0.2, 0) is 0 Å². The SMILES string of the molecule is CC1CC1CN(C)C(=O)c1ccc(Cl)c([N+](=O)[O-])c1. The van der Waals surface area contributed by atoms with Crippen LogP contribution in [0.3, 0.4) is 0 Å². The Morgan fingerprint density at radius 1 is 1.58 bits per heavy atom. The summed E-state index contributed by atoms with van der Waals surface area (Å²) in [5, 5.41) is 10.8. The number of halogens is 1. The highest BCUT2D eigenvalue weighted by Gasteiger charge is 2.34. The number of rotatable bonds is 4. The van der Waals surface area contributed by atoms with Gasteiger partial charge in [-0.15, -0.1) is 0 Å². The monoisotopic (exact) mass is 282 g/mol. The van der Waals surface area contributed by atoms with E-state index in [1.165, 1.54) is 18.2 Å². The van der Waals surface area contributed by atoms with E-state index in [2.05, 4.69) is 6.92 Å². The van der Waals surface area contributed by atoms with Crippen molar-refractivity contribution >= 4 is 23.2 Å². The van der Waals surface area contributed by atoms with Gasteiger partial charge in [-0.05, 0) is 30.4 Å². The maximum absolute atomic E-state index is 12.2. The Morgan fingerprint density at radius 2 is 2.21 bits per heavy atom. The number of hydrogen-bond acceptors (Lipinski definition) is 3. The van der Waals surface area contributed by atoms with Crippen LogP contribution < -0.4 is 0 Å². The van der Waals surface area contributed by atoms with Crippen LogP contribution in [0.15, 0.2) is 18.2 Å². The number of amides is 1. The van der Waals surface area contributed by atoms with Crippen molar-refractivity contribution in [2.24, 2.45) is 11.8 Å².